The van der Waals surface area contributed by atoms with E-state index in [0.29, 0.717) is 19.1 Å². The molecular formula is C9H19N3O. The number of likely N-dealkylation sites (tertiary alicyclic amines) is 1. The Hall–Kier alpha value is -0.770. The van der Waals surface area contributed by atoms with E-state index in [4.69, 9.17) is 5.73 Å². The van der Waals surface area contributed by atoms with E-state index < -0.39 is 0 Å². The van der Waals surface area contributed by atoms with Crippen LogP contribution in [0.4, 0.5) is 4.79 Å². The molecule has 1 saturated heterocycles. The second-order valence-electron chi connectivity index (χ2n) is 3.40. The number of rotatable bonds is 3. The van der Waals surface area contributed by atoms with Gasteiger partial charge < -0.3 is 16.0 Å². The van der Waals surface area contributed by atoms with Gasteiger partial charge in [0, 0.05) is 19.1 Å². The molecule has 3 N–H and O–H groups in total. The minimum Gasteiger partial charge on any atom is -0.338 e. The molecule has 0 saturated carbocycles. The van der Waals surface area contributed by atoms with Gasteiger partial charge in [-0.3, -0.25) is 0 Å². The average molecular weight is 185 g/mol. The average Bonchev–Trinajstić information content (AvgIpc) is 2.54. The highest BCUT2D eigenvalue weighted by atomic mass is 16.2. The van der Waals surface area contributed by atoms with Gasteiger partial charge in [0.05, 0.1) is 0 Å². The second-order valence-corrected chi connectivity index (χ2v) is 3.40. The van der Waals surface area contributed by atoms with E-state index in [-0.39, 0.29) is 6.03 Å². The smallest absolute Gasteiger partial charge is 0.317 e. The molecule has 76 valence electrons. The predicted octanol–water partition coefficient (Wildman–Crippen LogP) is 0.529. The summed E-state index contributed by atoms with van der Waals surface area (Å²) >= 11 is 0. The van der Waals surface area contributed by atoms with Crippen molar-refractivity contribution in [1.29, 1.82) is 0 Å². The number of urea groups is 1. The lowest BCUT2D eigenvalue weighted by atomic mass is 10.1. The van der Waals surface area contributed by atoms with Crippen LogP contribution in [-0.4, -0.2) is 36.6 Å². The molecule has 2 amide bonds. The van der Waals surface area contributed by atoms with E-state index in [0.717, 1.165) is 25.8 Å². The minimum atomic E-state index is 0.0680. The first-order valence-electron chi connectivity index (χ1n) is 5.04. The van der Waals surface area contributed by atoms with Crippen LogP contribution in [-0.2, 0) is 0 Å². The van der Waals surface area contributed by atoms with Gasteiger partial charge >= 0.3 is 6.03 Å². The van der Waals surface area contributed by atoms with Gasteiger partial charge in [0.2, 0.25) is 0 Å². The van der Waals surface area contributed by atoms with Crippen molar-refractivity contribution >= 4 is 6.03 Å². The van der Waals surface area contributed by atoms with Crippen LogP contribution in [0.25, 0.3) is 0 Å². The SMILES string of the molecule is CCNC(=O)N1CCCC1CCN. The molecule has 0 aromatic rings. The molecule has 0 aromatic carbocycles. The van der Waals surface area contributed by atoms with Crippen LogP contribution in [0.3, 0.4) is 0 Å². The normalized spacial score (nSPS) is 22.0. The summed E-state index contributed by atoms with van der Waals surface area (Å²) in [5, 5.41) is 2.82. The Bertz CT molecular complexity index is 172. The van der Waals surface area contributed by atoms with Crippen LogP contribution in [0.15, 0.2) is 0 Å². The molecule has 1 atom stereocenters. The molecule has 0 bridgehead atoms. The van der Waals surface area contributed by atoms with Crippen molar-refractivity contribution < 1.29 is 4.79 Å². The number of nitrogens with zero attached hydrogens (tertiary/aromatic N) is 1. The maximum Gasteiger partial charge on any atom is 0.317 e. The van der Waals surface area contributed by atoms with Crippen LogP contribution in [0.1, 0.15) is 26.2 Å². The van der Waals surface area contributed by atoms with Crippen molar-refractivity contribution in [1.82, 2.24) is 10.2 Å². The fourth-order valence-corrected chi connectivity index (χ4v) is 1.85. The Morgan fingerprint density at radius 2 is 2.46 bits per heavy atom. The molecule has 4 nitrogen and oxygen atoms in total. The monoisotopic (exact) mass is 185 g/mol. The molecule has 0 radical (unpaired) electrons. The Kier molecular flexibility index (Phi) is 4.02. The van der Waals surface area contributed by atoms with Crippen molar-refractivity contribution in [2.75, 3.05) is 19.6 Å². The zero-order valence-electron chi connectivity index (χ0n) is 8.25. The van der Waals surface area contributed by atoms with E-state index in [1.54, 1.807) is 0 Å². The summed E-state index contributed by atoms with van der Waals surface area (Å²) < 4.78 is 0. The number of carbonyl (C=O) groups excluding carboxylic acids is 1. The van der Waals surface area contributed by atoms with E-state index >= 15 is 0 Å². The first-order valence-corrected chi connectivity index (χ1v) is 5.04. The van der Waals surface area contributed by atoms with Gasteiger partial charge in [-0.25, -0.2) is 4.79 Å². The number of hydrogen-bond acceptors (Lipinski definition) is 2. The first-order chi connectivity index (χ1) is 6.29. The van der Waals surface area contributed by atoms with E-state index in [1.165, 1.54) is 0 Å². The highest BCUT2D eigenvalue weighted by Gasteiger charge is 2.27. The van der Waals surface area contributed by atoms with Crippen molar-refractivity contribution in [3.8, 4) is 0 Å². The summed E-state index contributed by atoms with van der Waals surface area (Å²) in [6, 6.07) is 0.440. The van der Waals surface area contributed by atoms with Crippen LogP contribution in [0, 0.1) is 0 Å². The molecule has 4 heteroatoms. The molecule has 1 heterocycles. The van der Waals surface area contributed by atoms with E-state index in [1.807, 2.05) is 11.8 Å². The quantitative estimate of drug-likeness (QED) is 0.674. The standard InChI is InChI=1S/C9H19N3O/c1-2-11-9(13)12-7-3-4-8(12)5-6-10/h8H,2-7,10H2,1H3,(H,11,13). The highest BCUT2D eigenvalue weighted by Crippen LogP contribution is 2.19. The molecule has 1 fully saturated rings. The van der Waals surface area contributed by atoms with Gasteiger partial charge in [-0.15, -0.1) is 0 Å². The highest BCUT2D eigenvalue weighted by molar-refractivity contribution is 5.74. The molecule has 0 spiro atoms. The van der Waals surface area contributed by atoms with Gasteiger partial charge in [0.15, 0.2) is 0 Å². The van der Waals surface area contributed by atoms with Gasteiger partial charge in [0.1, 0.15) is 0 Å². The number of hydrogen-bond donors (Lipinski definition) is 2. The number of carbonyl (C=O) groups is 1. The molecule has 1 unspecified atom stereocenters. The van der Waals surface area contributed by atoms with Crippen molar-refractivity contribution in [2.45, 2.75) is 32.2 Å². The third kappa shape index (κ3) is 2.59. The third-order valence-electron chi connectivity index (χ3n) is 2.47. The molecule has 1 aliphatic rings. The van der Waals surface area contributed by atoms with Gasteiger partial charge in [0.25, 0.3) is 0 Å². The van der Waals surface area contributed by atoms with Crippen molar-refractivity contribution in [3.05, 3.63) is 0 Å². The van der Waals surface area contributed by atoms with Crippen molar-refractivity contribution in [3.63, 3.8) is 0 Å². The lowest BCUT2D eigenvalue weighted by Crippen LogP contribution is -2.43. The third-order valence-corrected chi connectivity index (χ3v) is 2.47. The topological polar surface area (TPSA) is 58.4 Å². The maximum atomic E-state index is 11.5. The second kappa shape index (κ2) is 5.07. The molecule has 0 aliphatic carbocycles. The first kappa shape index (κ1) is 10.3. The summed E-state index contributed by atoms with van der Waals surface area (Å²) in [5.74, 6) is 0. The maximum absolute atomic E-state index is 11.5. The molecule has 1 rings (SSSR count). The van der Waals surface area contributed by atoms with Crippen LogP contribution < -0.4 is 11.1 Å². The van der Waals surface area contributed by atoms with Gasteiger partial charge in [-0.05, 0) is 32.7 Å². The molecule has 1 aliphatic heterocycles. The summed E-state index contributed by atoms with van der Waals surface area (Å²) in [5.41, 5.74) is 5.49. The summed E-state index contributed by atoms with van der Waals surface area (Å²) in [7, 11) is 0. The predicted molar refractivity (Wildman–Crippen MR) is 52.5 cm³/mol. The van der Waals surface area contributed by atoms with Crippen LogP contribution in [0.2, 0.25) is 0 Å². The zero-order chi connectivity index (χ0) is 9.68. The fourth-order valence-electron chi connectivity index (χ4n) is 1.85. The Balaban J connectivity index is 2.42. The molecular weight excluding hydrogens is 166 g/mol. The van der Waals surface area contributed by atoms with E-state index in [9.17, 15) is 4.79 Å². The summed E-state index contributed by atoms with van der Waals surface area (Å²) in [4.78, 5) is 13.4. The van der Waals surface area contributed by atoms with Gasteiger partial charge in [-0.1, -0.05) is 0 Å². The summed E-state index contributed by atoms with van der Waals surface area (Å²) in [6.45, 7) is 4.19. The van der Waals surface area contributed by atoms with E-state index in [2.05, 4.69) is 5.32 Å². The number of nitrogens with two attached hydrogens (primary N) is 1. The number of nitrogens with one attached hydrogen (secondary N) is 1. The van der Waals surface area contributed by atoms with Gasteiger partial charge in [-0.2, -0.15) is 0 Å². The lowest BCUT2D eigenvalue weighted by molar-refractivity contribution is 0.191. The molecule has 0 aromatic heterocycles. The van der Waals surface area contributed by atoms with Crippen LogP contribution in [0.5, 0.6) is 0 Å². The largest absolute Gasteiger partial charge is 0.338 e. The van der Waals surface area contributed by atoms with Crippen molar-refractivity contribution in [2.24, 2.45) is 5.73 Å². The fraction of sp³-hybridized carbons (Fsp3) is 0.889. The Morgan fingerprint density at radius 3 is 3.08 bits per heavy atom. The molecule has 13 heavy (non-hydrogen) atoms. The Labute approximate surface area is 79.5 Å². The zero-order valence-corrected chi connectivity index (χ0v) is 8.25. The lowest BCUT2D eigenvalue weighted by Gasteiger charge is -2.24. The Morgan fingerprint density at radius 1 is 1.69 bits per heavy atom. The summed E-state index contributed by atoms with van der Waals surface area (Å²) in [6.07, 6.45) is 3.15. The van der Waals surface area contributed by atoms with Crippen LogP contribution >= 0.6 is 0 Å². The number of amides is 2. The minimum absolute atomic E-state index is 0.0680.